The average molecular weight is 931 g/mol. The number of azo groups is 1. The number of aromatic hydroxyl groups is 1. The Kier molecular flexibility index (Phi) is 17.6. The van der Waals surface area contributed by atoms with Crippen molar-refractivity contribution in [1.82, 2.24) is 0 Å². The zero-order chi connectivity index (χ0) is 42.9. The molecule has 0 aliphatic carbocycles. The Balaban J connectivity index is 0.00000341. The fourth-order valence-corrected chi connectivity index (χ4v) is 6.95. The average Bonchev–Trinajstić information content (AvgIpc) is 3.16. The molecule has 0 saturated carbocycles. The molecule has 302 valence electrons. The van der Waals surface area contributed by atoms with Crippen LogP contribution in [0.25, 0.3) is 10.8 Å². The maximum absolute atomic E-state index is 13.6. The van der Waals surface area contributed by atoms with E-state index in [1.54, 1.807) is 30.3 Å². The van der Waals surface area contributed by atoms with Gasteiger partial charge in [-0.1, -0.05) is 18.2 Å². The quantitative estimate of drug-likeness (QED) is 0.0292. The Morgan fingerprint density at radius 2 is 1.16 bits per heavy atom. The molecule has 28 heteroatoms. The fraction of sp³-hybridized carbons (Fsp3) is 0. The number of nitrogens with zero attached hydrogens (tertiary/aromatic N) is 5. The number of hydrogen-bond acceptors (Lipinski definition) is 21. The van der Waals surface area contributed by atoms with E-state index in [1.807, 2.05) is 0 Å². The van der Waals surface area contributed by atoms with Gasteiger partial charge in [0, 0.05) is 23.9 Å². The van der Waals surface area contributed by atoms with Crippen molar-refractivity contribution in [3.05, 3.63) is 144 Å². The first-order valence-corrected chi connectivity index (χ1v) is 20.2. The predicted octanol–water partition coefficient (Wildman–Crippen LogP) is -6.21. The van der Waals surface area contributed by atoms with E-state index in [4.69, 9.17) is 0 Å². The summed E-state index contributed by atoms with van der Waals surface area (Å²) in [6, 6.07) is 19.5. The van der Waals surface area contributed by atoms with Crippen molar-refractivity contribution in [3.8, 4) is 5.75 Å². The van der Waals surface area contributed by atoms with Gasteiger partial charge in [0.25, 0.3) is 5.69 Å². The van der Waals surface area contributed by atoms with Gasteiger partial charge in [0.2, 0.25) is 10.9 Å². The maximum Gasteiger partial charge on any atom is 1.00 e. The van der Waals surface area contributed by atoms with E-state index in [-0.39, 0.29) is 111 Å². The number of phenols is 1. The first-order valence-electron chi connectivity index (χ1n) is 16.0. The number of hydrogen-bond donors (Lipinski definition) is 4. The van der Waals surface area contributed by atoms with Gasteiger partial charge in [-0.2, -0.15) is 10.2 Å². The van der Waals surface area contributed by atoms with Gasteiger partial charge in [-0.05, 0) is 72.1 Å². The standard InChI is InChI=1S/C34H24N8O14S3.3Na/c43-29-16-24(58(51,52)53)13-18-12-23(57(48,49)50)15-26(31(18)29)38-40-28-17-27(33(44)32(34(28)45)41-36-20-6-9-22(10-7-20)42(46)47)39-37-21-8-11-25(30(14-21)59(54,55)56)35-19-4-2-1-3-5-19;;;/h1-17,35-37,43H,(H,48,49,50)(H,51,52,53)(H,54,55,56);;;/q;3*+1/p-3/b39-27-,40-38?,41-32+;;;. The largest absolute Gasteiger partial charge is 1.00 e. The van der Waals surface area contributed by atoms with Crippen LogP contribution in [0.2, 0.25) is 0 Å². The fourth-order valence-electron chi connectivity index (χ4n) is 5.24. The molecule has 6 rings (SSSR count). The first-order chi connectivity index (χ1) is 27.7. The normalized spacial score (nSPS) is 12.2. The van der Waals surface area contributed by atoms with Crippen molar-refractivity contribution in [2.24, 2.45) is 20.4 Å². The molecule has 62 heavy (non-hydrogen) atoms. The summed E-state index contributed by atoms with van der Waals surface area (Å²) in [6.07, 6.45) is 0. The number of benzene rings is 6. The molecule has 22 nitrogen and oxygen atoms in total. The zero-order valence-corrected chi connectivity index (χ0v) is 40.5. The minimum Gasteiger partial charge on any atom is -0.744 e. The number of fused-ring (bicyclic) bond motifs is 1. The van der Waals surface area contributed by atoms with Crippen molar-refractivity contribution in [1.29, 1.82) is 0 Å². The van der Waals surface area contributed by atoms with Crippen molar-refractivity contribution < 1.29 is 138 Å². The minimum absolute atomic E-state index is 0. The predicted molar refractivity (Wildman–Crippen MR) is 203 cm³/mol. The van der Waals surface area contributed by atoms with Crippen LogP contribution in [0, 0.1) is 10.1 Å². The van der Waals surface area contributed by atoms with Gasteiger partial charge in [-0.15, -0.1) is 10.2 Å². The van der Waals surface area contributed by atoms with Crippen molar-refractivity contribution in [2.45, 2.75) is 14.7 Å². The van der Waals surface area contributed by atoms with Gasteiger partial charge in [0.1, 0.15) is 47.1 Å². The number of nitrogens with one attached hydrogen (secondary N) is 3. The van der Waals surface area contributed by atoms with Crippen molar-refractivity contribution in [3.63, 3.8) is 0 Å². The molecule has 0 amide bonds. The molecule has 0 radical (unpaired) electrons. The van der Waals surface area contributed by atoms with Gasteiger partial charge in [0.15, 0.2) is 5.36 Å². The molecule has 0 spiro atoms. The molecule has 4 N–H and O–H groups in total. The second kappa shape index (κ2) is 20.9. The van der Waals surface area contributed by atoms with Crippen LogP contribution in [0.4, 0.5) is 39.8 Å². The Hall–Kier alpha value is -4.29. The van der Waals surface area contributed by atoms with Gasteiger partial charge < -0.3 is 24.1 Å². The van der Waals surface area contributed by atoms with Crippen LogP contribution in [-0.2, 0) is 30.4 Å². The summed E-state index contributed by atoms with van der Waals surface area (Å²) >= 11 is 0. The van der Waals surface area contributed by atoms with Gasteiger partial charge in [-0.3, -0.25) is 30.6 Å². The van der Waals surface area contributed by atoms with Crippen LogP contribution in [0.5, 0.6) is 5.75 Å². The van der Waals surface area contributed by atoms with Crippen LogP contribution < -0.4 is 126 Å². The second-order valence-electron chi connectivity index (χ2n) is 11.9. The molecule has 0 unspecified atom stereocenters. The summed E-state index contributed by atoms with van der Waals surface area (Å²) in [5, 5.41) is 37.4. The van der Waals surface area contributed by atoms with Gasteiger partial charge in [0.05, 0.1) is 47.7 Å². The molecule has 0 bridgehead atoms. The molecule has 6 aromatic rings. The molecule has 0 fully saturated rings. The van der Waals surface area contributed by atoms with Crippen molar-refractivity contribution >= 4 is 80.9 Å². The summed E-state index contributed by atoms with van der Waals surface area (Å²) in [5.41, 5.74) is 0.942. The number of anilines is 4. The third-order valence-electron chi connectivity index (χ3n) is 7.95. The van der Waals surface area contributed by atoms with E-state index in [9.17, 15) is 63.7 Å². The topological polar surface area (TPSA) is 355 Å². The second-order valence-corrected chi connectivity index (χ2v) is 16.0. The Labute approximate surface area is 415 Å². The monoisotopic (exact) mass is 930 g/mol. The summed E-state index contributed by atoms with van der Waals surface area (Å²) in [5.74, 6) is -0.926. The Morgan fingerprint density at radius 3 is 1.74 bits per heavy atom. The van der Waals surface area contributed by atoms with Crippen molar-refractivity contribution in [2.75, 3.05) is 16.2 Å². The maximum atomic E-state index is 13.6. The third-order valence-corrected chi connectivity index (χ3v) is 10.5. The van der Waals surface area contributed by atoms with E-state index in [0.717, 1.165) is 24.3 Å². The Bertz CT molecular complexity index is 3320. The molecular formula is C34H21N8Na3O14S3. The zero-order valence-electron chi connectivity index (χ0n) is 32.0. The van der Waals surface area contributed by atoms with Crippen LogP contribution in [0.3, 0.4) is 0 Å². The number of nitro benzene ring substituents is 1. The summed E-state index contributed by atoms with van der Waals surface area (Å²) in [4.78, 5) is 34.8. The molecule has 0 saturated heterocycles. The number of non-ortho nitro benzene ring substituents is 1. The molecular weight excluding hydrogens is 910 g/mol. The van der Waals surface area contributed by atoms with Gasteiger partial charge in [-0.25, -0.2) is 25.3 Å². The number of nitro groups is 1. The molecule has 0 atom stereocenters. The van der Waals surface area contributed by atoms with Crippen LogP contribution in [-0.4, -0.2) is 48.9 Å². The molecule has 6 aromatic carbocycles. The van der Waals surface area contributed by atoms with E-state index >= 15 is 0 Å². The molecule has 0 heterocycles. The smallest absolute Gasteiger partial charge is 0.744 e. The summed E-state index contributed by atoms with van der Waals surface area (Å²) in [6.45, 7) is 0. The summed E-state index contributed by atoms with van der Waals surface area (Å²) in [7, 11) is -15.6. The van der Waals surface area contributed by atoms with Crippen LogP contribution in [0.1, 0.15) is 0 Å². The Morgan fingerprint density at radius 1 is 0.597 bits per heavy atom. The molecule has 0 aliphatic heterocycles. The van der Waals surface area contributed by atoms with Crippen LogP contribution >= 0.6 is 0 Å². The number of para-hydroxylation sites is 1. The molecule has 0 aromatic heterocycles. The van der Waals surface area contributed by atoms with E-state index in [0.29, 0.717) is 30.0 Å². The van der Waals surface area contributed by atoms with Gasteiger partial charge >= 0.3 is 88.7 Å². The SMILES string of the molecule is O=c1c(N=Nc2cc(S(=O)(=O)[O-])cc3cc(S(=O)(=O)[O-])cc(O)c23)c/c(=N/Nc2ccc(Nc3ccccc3)c(S(=O)(=O)[O-])c2)c(=O)/c1=N\Nc1ccc([N+](=O)[O-])cc1.[Na+].[Na+].[Na+]. The van der Waals surface area contributed by atoms with E-state index < -0.39 is 99.4 Å². The minimum atomic E-state index is -5.30. The summed E-state index contributed by atoms with van der Waals surface area (Å²) < 4.78 is 108. The number of phenolic OH excluding ortho intramolecular Hbond substituents is 1. The van der Waals surface area contributed by atoms with Crippen LogP contribution in [0.15, 0.2) is 148 Å². The number of rotatable bonds is 12. The third kappa shape index (κ3) is 12.5. The molecule has 0 aliphatic rings. The van der Waals surface area contributed by atoms with E-state index in [1.165, 1.54) is 24.3 Å². The van der Waals surface area contributed by atoms with E-state index in [2.05, 4.69) is 36.6 Å². The first kappa shape index (κ1) is 52.1.